The van der Waals surface area contributed by atoms with Crippen molar-refractivity contribution >= 4 is 17.5 Å². The molecule has 0 saturated heterocycles. The summed E-state index contributed by atoms with van der Waals surface area (Å²) in [6.45, 7) is 0. The van der Waals surface area contributed by atoms with Crippen LogP contribution in [-0.2, 0) is 18.3 Å². The molecule has 7 nitrogen and oxygen atoms in total. The van der Waals surface area contributed by atoms with E-state index in [4.69, 9.17) is 4.74 Å². The molecular formula is C22H22N4O3. The van der Waals surface area contributed by atoms with Crippen molar-refractivity contribution in [2.24, 2.45) is 7.05 Å². The van der Waals surface area contributed by atoms with Gasteiger partial charge < -0.3 is 19.9 Å². The number of carbonyl (C=O) groups is 2. The molecule has 1 aliphatic rings. The van der Waals surface area contributed by atoms with Crippen LogP contribution in [-0.4, -0.2) is 28.5 Å². The van der Waals surface area contributed by atoms with Crippen LogP contribution in [0.4, 0.5) is 5.69 Å². The molecule has 0 saturated carbocycles. The molecule has 0 aliphatic carbocycles. The number of para-hydroxylation sites is 1. The molecule has 2 N–H and O–H groups in total. The van der Waals surface area contributed by atoms with E-state index in [0.717, 1.165) is 16.8 Å². The smallest absolute Gasteiger partial charge is 0.252 e. The first-order valence-electron chi connectivity index (χ1n) is 9.40. The third-order valence-corrected chi connectivity index (χ3v) is 5.10. The van der Waals surface area contributed by atoms with Crippen LogP contribution in [0.1, 0.15) is 39.8 Å². The standard InChI is InChI=1S/C22H22N4O3/c1-26-12-11-23-21(26)20(16-5-3-4-6-18(16)29-2)25-22(28)15-7-9-17-14(13-15)8-10-19(27)24-17/h3-7,9,11-13,20H,8,10H2,1-2H3,(H,24,27)(H,25,28). The maximum Gasteiger partial charge on any atom is 0.252 e. The lowest BCUT2D eigenvalue weighted by atomic mass is 9.99. The molecular weight excluding hydrogens is 368 g/mol. The number of anilines is 1. The van der Waals surface area contributed by atoms with E-state index in [0.29, 0.717) is 30.0 Å². The average molecular weight is 390 g/mol. The summed E-state index contributed by atoms with van der Waals surface area (Å²) in [7, 11) is 3.49. The highest BCUT2D eigenvalue weighted by Crippen LogP contribution is 2.30. The SMILES string of the molecule is COc1ccccc1C(NC(=O)c1ccc2c(c1)CCC(=O)N2)c1nccn1C. The molecule has 1 atom stereocenters. The number of hydrogen-bond acceptors (Lipinski definition) is 4. The van der Waals surface area contributed by atoms with Gasteiger partial charge in [0.15, 0.2) is 0 Å². The fraction of sp³-hybridized carbons (Fsp3) is 0.227. The topological polar surface area (TPSA) is 85.2 Å². The molecule has 1 unspecified atom stereocenters. The largest absolute Gasteiger partial charge is 0.496 e. The zero-order valence-corrected chi connectivity index (χ0v) is 16.3. The number of benzene rings is 2. The van der Waals surface area contributed by atoms with Crippen molar-refractivity contribution in [1.82, 2.24) is 14.9 Å². The summed E-state index contributed by atoms with van der Waals surface area (Å²) >= 11 is 0. The van der Waals surface area contributed by atoms with Gasteiger partial charge in [0.1, 0.15) is 17.6 Å². The van der Waals surface area contributed by atoms with E-state index in [1.54, 1.807) is 25.4 Å². The molecule has 4 rings (SSSR count). The van der Waals surface area contributed by atoms with Crippen molar-refractivity contribution in [3.8, 4) is 5.75 Å². The highest BCUT2D eigenvalue weighted by Gasteiger charge is 2.25. The van der Waals surface area contributed by atoms with Gasteiger partial charge in [-0.2, -0.15) is 0 Å². The third-order valence-electron chi connectivity index (χ3n) is 5.10. The van der Waals surface area contributed by atoms with Crippen molar-refractivity contribution in [3.05, 3.63) is 77.4 Å². The molecule has 0 radical (unpaired) electrons. The van der Waals surface area contributed by atoms with E-state index >= 15 is 0 Å². The summed E-state index contributed by atoms with van der Waals surface area (Å²) < 4.78 is 7.38. The molecule has 0 bridgehead atoms. The Morgan fingerprint density at radius 3 is 2.83 bits per heavy atom. The van der Waals surface area contributed by atoms with E-state index < -0.39 is 6.04 Å². The summed E-state index contributed by atoms with van der Waals surface area (Å²) in [5, 5.41) is 5.93. The Bertz CT molecular complexity index is 1070. The molecule has 2 amide bonds. The number of rotatable bonds is 5. The quantitative estimate of drug-likeness (QED) is 0.702. The van der Waals surface area contributed by atoms with Crippen LogP contribution in [0, 0.1) is 0 Å². The predicted molar refractivity (Wildman–Crippen MR) is 109 cm³/mol. The highest BCUT2D eigenvalue weighted by atomic mass is 16.5. The van der Waals surface area contributed by atoms with Gasteiger partial charge in [0.05, 0.1) is 7.11 Å². The Kier molecular flexibility index (Phi) is 5.03. The number of aromatic nitrogens is 2. The lowest BCUT2D eigenvalue weighted by molar-refractivity contribution is -0.116. The van der Waals surface area contributed by atoms with Crippen LogP contribution in [0.25, 0.3) is 0 Å². The van der Waals surface area contributed by atoms with E-state index in [-0.39, 0.29) is 11.8 Å². The number of imidazole rings is 1. The number of methoxy groups -OCH3 is 1. The van der Waals surface area contributed by atoms with E-state index in [9.17, 15) is 9.59 Å². The minimum absolute atomic E-state index is 0.000667. The van der Waals surface area contributed by atoms with Crippen LogP contribution in [0.15, 0.2) is 54.9 Å². The van der Waals surface area contributed by atoms with E-state index in [2.05, 4.69) is 15.6 Å². The molecule has 0 spiro atoms. The van der Waals surface area contributed by atoms with Gasteiger partial charge >= 0.3 is 0 Å². The number of hydrogen-bond donors (Lipinski definition) is 2. The molecule has 3 aromatic rings. The molecule has 0 fully saturated rings. The zero-order chi connectivity index (χ0) is 20.4. The molecule has 148 valence electrons. The first-order valence-corrected chi connectivity index (χ1v) is 9.40. The Morgan fingerprint density at radius 2 is 2.07 bits per heavy atom. The molecule has 29 heavy (non-hydrogen) atoms. The van der Waals surface area contributed by atoms with E-state index in [1.807, 2.05) is 48.1 Å². The molecule has 2 heterocycles. The number of aryl methyl sites for hydroxylation is 2. The maximum atomic E-state index is 13.1. The fourth-order valence-corrected chi connectivity index (χ4v) is 3.58. The Hall–Kier alpha value is -3.61. The number of ether oxygens (including phenoxy) is 1. The summed E-state index contributed by atoms with van der Waals surface area (Å²) in [4.78, 5) is 29.1. The fourth-order valence-electron chi connectivity index (χ4n) is 3.58. The third kappa shape index (κ3) is 3.71. The number of amides is 2. The maximum absolute atomic E-state index is 13.1. The van der Waals surface area contributed by atoms with Crippen LogP contribution in [0.2, 0.25) is 0 Å². The second-order valence-corrected chi connectivity index (χ2v) is 6.96. The zero-order valence-electron chi connectivity index (χ0n) is 16.3. The van der Waals surface area contributed by atoms with Crippen molar-refractivity contribution in [2.75, 3.05) is 12.4 Å². The Labute approximate surface area is 168 Å². The monoisotopic (exact) mass is 390 g/mol. The van der Waals surface area contributed by atoms with Gasteiger partial charge in [-0.25, -0.2) is 4.98 Å². The minimum atomic E-state index is -0.477. The van der Waals surface area contributed by atoms with Crippen molar-refractivity contribution < 1.29 is 14.3 Å². The van der Waals surface area contributed by atoms with Gasteiger partial charge in [0.25, 0.3) is 5.91 Å². The van der Waals surface area contributed by atoms with E-state index in [1.165, 1.54) is 0 Å². The summed E-state index contributed by atoms with van der Waals surface area (Å²) in [5.74, 6) is 1.16. The van der Waals surface area contributed by atoms with Gasteiger partial charge in [-0.1, -0.05) is 18.2 Å². The molecule has 2 aromatic carbocycles. The second-order valence-electron chi connectivity index (χ2n) is 6.96. The van der Waals surface area contributed by atoms with Gasteiger partial charge in [0, 0.05) is 42.7 Å². The lowest BCUT2D eigenvalue weighted by Gasteiger charge is -2.22. The summed E-state index contributed by atoms with van der Waals surface area (Å²) in [5.41, 5.74) is 3.09. The minimum Gasteiger partial charge on any atom is -0.496 e. The normalized spacial score (nSPS) is 13.9. The Balaban J connectivity index is 1.67. The van der Waals surface area contributed by atoms with Crippen LogP contribution < -0.4 is 15.4 Å². The van der Waals surface area contributed by atoms with Gasteiger partial charge in [-0.05, 0) is 36.2 Å². The molecule has 7 heteroatoms. The predicted octanol–water partition coefficient (Wildman–Crippen LogP) is 2.83. The molecule has 1 aromatic heterocycles. The summed E-state index contributed by atoms with van der Waals surface area (Å²) in [6, 6.07) is 12.4. The van der Waals surface area contributed by atoms with Gasteiger partial charge in [-0.15, -0.1) is 0 Å². The molecule has 1 aliphatic heterocycles. The van der Waals surface area contributed by atoms with Gasteiger partial charge in [0.2, 0.25) is 5.91 Å². The first kappa shape index (κ1) is 18.7. The average Bonchev–Trinajstić information content (AvgIpc) is 3.17. The highest BCUT2D eigenvalue weighted by molar-refractivity contribution is 5.98. The number of nitrogens with zero attached hydrogens (tertiary/aromatic N) is 2. The van der Waals surface area contributed by atoms with Crippen molar-refractivity contribution in [1.29, 1.82) is 0 Å². The van der Waals surface area contributed by atoms with Crippen molar-refractivity contribution in [2.45, 2.75) is 18.9 Å². The van der Waals surface area contributed by atoms with Crippen molar-refractivity contribution in [3.63, 3.8) is 0 Å². The number of carbonyl (C=O) groups excluding carboxylic acids is 2. The first-order chi connectivity index (χ1) is 14.1. The van der Waals surface area contributed by atoms with Crippen LogP contribution >= 0.6 is 0 Å². The lowest BCUT2D eigenvalue weighted by Crippen LogP contribution is -2.31. The summed E-state index contributed by atoms with van der Waals surface area (Å²) in [6.07, 6.45) is 4.59. The number of nitrogens with one attached hydrogen (secondary N) is 2. The van der Waals surface area contributed by atoms with Crippen LogP contribution in [0.3, 0.4) is 0 Å². The van der Waals surface area contributed by atoms with Crippen LogP contribution in [0.5, 0.6) is 5.75 Å². The Morgan fingerprint density at radius 1 is 1.24 bits per heavy atom. The second kappa shape index (κ2) is 7.79. The number of fused-ring (bicyclic) bond motifs is 1. The van der Waals surface area contributed by atoms with Gasteiger partial charge in [-0.3, -0.25) is 9.59 Å².